The normalized spacial score (nSPS) is 26.4. The largest absolute Gasteiger partial charge is 0.462 e. The van der Waals surface area contributed by atoms with Crippen molar-refractivity contribution in [1.82, 2.24) is 4.90 Å². The van der Waals surface area contributed by atoms with E-state index in [0.717, 1.165) is 0 Å². The predicted molar refractivity (Wildman–Crippen MR) is 92.7 cm³/mol. The topological polar surface area (TPSA) is 160 Å². The summed E-state index contributed by atoms with van der Waals surface area (Å²) in [6, 6.07) is 0. The minimum absolute atomic E-state index is 0.272. The van der Waals surface area contributed by atoms with Crippen LogP contribution in [0.3, 0.4) is 0 Å². The molecule has 0 unspecified atom stereocenters. The van der Waals surface area contributed by atoms with Gasteiger partial charge >= 0.3 is 17.9 Å². The molecule has 154 valence electrons. The molecule has 0 spiro atoms. The van der Waals surface area contributed by atoms with Crippen LogP contribution in [0.15, 0.2) is 24.0 Å². The van der Waals surface area contributed by atoms with Crippen molar-refractivity contribution in [3.05, 3.63) is 24.0 Å². The van der Waals surface area contributed by atoms with Gasteiger partial charge in [-0.15, -0.1) is 0 Å². The lowest BCUT2D eigenvalue weighted by Crippen LogP contribution is -2.45. The maximum absolute atomic E-state index is 11.6. The Morgan fingerprint density at radius 3 is 2.39 bits per heavy atom. The SMILES string of the molecule is CC(=O)O[C@@H]1[C@H](OC(C)=O)[C@@H](COC(=O)CN)O[C@H]1N1C=CCC(C(N)=O)=C1. The molecule has 0 aromatic carbocycles. The maximum atomic E-state index is 11.6. The third-order valence-corrected chi connectivity index (χ3v) is 4.00. The Hall–Kier alpha value is -2.92. The minimum Gasteiger partial charge on any atom is -0.462 e. The highest BCUT2D eigenvalue weighted by Gasteiger charge is 2.51. The van der Waals surface area contributed by atoms with Crippen molar-refractivity contribution in [3.63, 3.8) is 0 Å². The maximum Gasteiger partial charge on any atom is 0.319 e. The second-order valence-electron chi connectivity index (χ2n) is 6.16. The summed E-state index contributed by atoms with van der Waals surface area (Å²) in [7, 11) is 0. The number of carbonyl (C=O) groups excluding carboxylic acids is 4. The first-order chi connectivity index (χ1) is 13.2. The van der Waals surface area contributed by atoms with E-state index in [1.54, 1.807) is 12.3 Å². The van der Waals surface area contributed by atoms with Crippen LogP contribution in [0.5, 0.6) is 0 Å². The fourth-order valence-corrected chi connectivity index (χ4v) is 2.87. The number of rotatable bonds is 7. The number of carbonyl (C=O) groups is 4. The first-order valence-electron chi connectivity index (χ1n) is 8.53. The van der Waals surface area contributed by atoms with Crippen molar-refractivity contribution in [3.8, 4) is 0 Å². The zero-order valence-electron chi connectivity index (χ0n) is 15.5. The first-order valence-corrected chi connectivity index (χ1v) is 8.53. The van der Waals surface area contributed by atoms with Gasteiger partial charge in [0.15, 0.2) is 18.4 Å². The number of esters is 3. The highest BCUT2D eigenvalue weighted by Crippen LogP contribution is 2.31. The predicted octanol–water partition coefficient (Wildman–Crippen LogP) is -1.33. The van der Waals surface area contributed by atoms with Crippen LogP contribution in [-0.4, -0.2) is 66.4 Å². The first kappa shape index (κ1) is 21.4. The van der Waals surface area contributed by atoms with Crippen LogP contribution in [-0.2, 0) is 38.1 Å². The molecule has 28 heavy (non-hydrogen) atoms. The Kier molecular flexibility index (Phi) is 7.12. The van der Waals surface area contributed by atoms with Crippen molar-refractivity contribution in [2.24, 2.45) is 11.5 Å². The fourth-order valence-electron chi connectivity index (χ4n) is 2.87. The molecule has 0 aromatic rings. The van der Waals surface area contributed by atoms with Gasteiger partial charge < -0.3 is 35.3 Å². The molecule has 0 bridgehead atoms. The van der Waals surface area contributed by atoms with E-state index in [1.807, 2.05) is 0 Å². The molecule has 1 saturated heterocycles. The molecule has 4 N–H and O–H groups in total. The summed E-state index contributed by atoms with van der Waals surface area (Å²) in [5.41, 5.74) is 10.9. The van der Waals surface area contributed by atoms with Gasteiger partial charge in [-0.25, -0.2) is 0 Å². The zero-order valence-corrected chi connectivity index (χ0v) is 15.5. The summed E-state index contributed by atoms with van der Waals surface area (Å²) in [6.07, 6.45) is 1.14. The minimum atomic E-state index is -1.05. The zero-order chi connectivity index (χ0) is 20.8. The number of amides is 1. The summed E-state index contributed by atoms with van der Waals surface area (Å²) < 4.78 is 21.4. The van der Waals surface area contributed by atoms with Gasteiger partial charge in [0.1, 0.15) is 12.7 Å². The molecule has 1 fully saturated rings. The third-order valence-electron chi connectivity index (χ3n) is 4.00. The van der Waals surface area contributed by atoms with Crippen LogP contribution < -0.4 is 11.5 Å². The number of ether oxygens (including phenoxy) is 4. The van der Waals surface area contributed by atoms with Crippen molar-refractivity contribution in [2.75, 3.05) is 13.2 Å². The van der Waals surface area contributed by atoms with Gasteiger partial charge in [-0.3, -0.25) is 19.2 Å². The number of hydrogen-bond donors (Lipinski definition) is 2. The summed E-state index contributed by atoms with van der Waals surface area (Å²) in [4.78, 5) is 47.5. The molecule has 0 aromatic heterocycles. The molecule has 1 amide bonds. The smallest absolute Gasteiger partial charge is 0.319 e. The van der Waals surface area contributed by atoms with Crippen LogP contribution >= 0.6 is 0 Å². The van der Waals surface area contributed by atoms with Crippen molar-refractivity contribution >= 4 is 23.8 Å². The van der Waals surface area contributed by atoms with Crippen molar-refractivity contribution < 1.29 is 38.1 Å². The number of allylic oxidation sites excluding steroid dienone is 1. The van der Waals surface area contributed by atoms with E-state index in [9.17, 15) is 19.2 Å². The van der Waals surface area contributed by atoms with Crippen LogP contribution in [0.1, 0.15) is 20.3 Å². The Morgan fingerprint density at radius 1 is 1.18 bits per heavy atom. The Bertz CT molecular complexity index is 705. The monoisotopic (exact) mass is 397 g/mol. The second kappa shape index (κ2) is 9.33. The summed E-state index contributed by atoms with van der Waals surface area (Å²) in [5, 5.41) is 0. The van der Waals surface area contributed by atoms with Crippen LogP contribution in [0, 0.1) is 0 Å². The number of nitrogens with zero attached hydrogens (tertiary/aromatic N) is 1. The van der Waals surface area contributed by atoms with Gasteiger partial charge in [0.05, 0.1) is 6.54 Å². The Balaban J connectivity index is 2.30. The number of primary amides is 1. The van der Waals surface area contributed by atoms with Crippen molar-refractivity contribution in [2.45, 2.75) is 44.8 Å². The van der Waals surface area contributed by atoms with Crippen LogP contribution in [0.25, 0.3) is 0 Å². The second-order valence-corrected chi connectivity index (χ2v) is 6.16. The van der Waals surface area contributed by atoms with E-state index in [4.69, 9.17) is 30.4 Å². The van der Waals surface area contributed by atoms with Gasteiger partial charge in [0.2, 0.25) is 5.91 Å². The average molecular weight is 397 g/mol. The van der Waals surface area contributed by atoms with Crippen molar-refractivity contribution in [1.29, 1.82) is 0 Å². The molecular formula is C17H23N3O8. The number of hydrogen-bond acceptors (Lipinski definition) is 10. The highest BCUT2D eigenvalue weighted by atomic mass is 16.7. The van der Waals surface area contributed by atoms with E-state index in [0.29, 0.717) is 12.0 Å². The van der Waals surface area contributed by atoms with E-state index in [2.05, 4.69) is 0 Å². The molecule has 0 saturated carbocycles. The molecule has 2 heterocycles. The molecule has 0 aliphatic carbocycles. The van der Waals surface area contributed by atoms with Crippen LogP contribution in [0.4, 0.5) is 0 Å². The Labute approximate surface area is 161 Å². The standard InChI is InChI=1S/C17H23N3O8/c1-9(21)26-14-12(8-25-13(23)6-18)28-17(15(14)27-10(2)22)20-5-3-4-11(7-20)16(19)24/h3,5,7,12,14-15,17H,4,6,8,18H2,1-2H3,(H2,19,24)/t12-,14-,15-,17-/m1/s1. The van der Waals surface area contributed by atoms with Gasteiger partial charge in [0.25, 0.3) is 0 Å². The van der Waals surface area contributed by atoms with Gasteiger partial charge in [-0.05, 0) is 6.42 Å². The molecule has 2 aliphatic heterocycles. The lowest BCUT2D eigenvalue weighted by molar-refractivity contribution is -0.166. The quantitative estimate of drug-likeness (QED) is 0.389. The summed E-state index contributed by atoms with van der Waals surface area (Å²) in [6.45, 7) is 1.78. The Morgan fingerprint density at radius 2 is 1.82 bits per heavy atom. The number of nitrogens with two attached hydrogens (primary N) is 2. The van der Waals surface area contributed by atoms with Gasteiger partial charge in [-0.2, -0.15) is 0 Å². The molecular weight excluding hydrogens is 374 g/mol. The molecule has 2 rings (SSSR count). The lowest BCUT2D eigenvalue weighted by Gasteiger charge is -2.30. The van der Waals surface area contributed by atoms with E-state index in [1.165, 1.54) is 24.9 Å². The molecule has 11 heteroatoms. The highest BCUT2D eigenvalue weighted by molar-refractivity contribution is 5.92. The van der Waals surface area contributed by atoms with E-state index in [-0.39, 0.29) is 13.2 Å². The summed E-state index contributed by atoms with van der Waals surface area (Å²) in [5.74, 6) is -2.55. The molecule has 4 atom stereocenters. The van der Waals surface area contributed by atoms with E-state index >= 15 is 0 Å². The van der Waals surface area contributed by atoms with Gasteiger partial charge in [-0.1, -0.05) is 6.08 Å². The molecule has 11 nitrogen and oxygen atoms in total. The summed E-state index contributed by atoms with van der Waals surface area (Å²) >= 11 is 0. The third kappa shape index (κ3) is 5.30. The van der Waals surface area contributed by atoms with Crippen LogP contribution in [0.2, 0.25) is 0 Å². The molecule has 0 radical (unpaired) electrons. The molecule has 2 aliphatic rings. The average Bonchev–Trinajstić information content (AvgIpc) is 2.96. The lowest BCUT2D eigenvalue weighted by atomic mass is 10.1. The fraction of sp³-hybridized carbons (Fsp3) is 0.529. The van der Waals surface area contributed by atoms with Gasteiger partial charge in [0, 0.05) is 31.8 Å². The van der Waals surface area contributed by atoms with E-state index < -0.39 is 48.4 Å².